The van der Waals surface area contributed by atoms with Crippen LogP contribution in [0.1, 0.15) is 84.6 Å². The van der Waals surface area contributed by atoms with Crippen LogP contribution in [0.3, 0.4) is 0 Å². The van der Waals surface area contributed by atoms with Gasteiger partial charge in [-0.05, 0) is 111 Å². The van der Waals surface area contributed by atoms with E-state index in [0.29, 0.717) is 22.8 Å². The molecule has 8 nitrogen and oxygen atoms in total. The van der Waals surface area contributed by atoms with Gasteiger partial charge in [0.05, 0.1) is 22.8 Å². The molecule has 8 bridgehead atoms. The number of halogens is 1. The van der Waals surface area contributed by atoms with E-state index in [0.717, 1.165) is 66.6 Å². The van der Waals surface area contributed by atoms with Crippen LogP contribution >= 0.6 is 0 Å². The average Bonchev–Trinajstić information content (AvgIpc) is 3.59. The molecular formula is C34H32ClFeN4O4. The minimum atomic E-state index is -1.15. The van der Waals surface area contributed by atoms with Gasteiger partial charge in [0.25, 0.3) is 0 Å². The first-order chi connectivity index (χ1) is 20.0. The SMILES string of the molecule is C=Cc1c(C)c2cc3[nH]c(cc4nc(cc5nc(cc1[nH]2)C(C)=C5CCC(=O)[O-])C(CCC(=O)[O-])=C4C)c(C)c3C=C.[58Fe+3].[Cl-]. The summed E-state index contributed by atoms with van der Waals surface area (Å²) in [5, 5.41) is 22.8. The van der Waals surface area contributed by atoms with Crippen molar-refractivity contribution in [2.75, 3.05) is 0 Å². The molecule has 0 spiro atoms. The molecule has 0 atom stereocenters. The van der Waals surface area contributed by atoms with Gasteiger partial charge in [-0.2, -0.15) is 0 Å². The van der Waals surface area contributed by atoms with Gasteiger partial charge in [0.2, 0.25) is 0 Å². The number of allylic oxidation sites excluding steroid dienone is 4. The Morgan fingerprint density at radius 2 is 1.07 bits per heavy atom. The van der Waals surface area contributed by atoms with Crippen molar-refractivity contribution in [1.29, 1.82) is 0 Å². The monoisotopic (exact) mass is 653 g/mol. The number of carboxylic acid groups (broad SMARTS) is 2. The van der Waals surface area contributed by atoms with Crippen molar-refractivity contribution in [3.05, 3.63) is 82.5 Å². The maximum atomic E-state index is 11.4. The predicted molar refractivity (Wildman–Crippen MR) is 164 cm³/mol. The molecule has 2 N–H and O–H groups in total. The molecule has 3 aromatic heterocycles. The maximum absolute atomic E-state index is 11.4. The number of carbonyl (C=O) groups excluding carboxylic acids is 2. The van der Waals surface area contributed by atoms with Crippen molar-refractivity contribution in [2.45, 2.75) is 53.4 Å². The summed E-state index contributed by atoms with van der Waals surface area (Å²) in [5.74, 6) is -2.29. The molecule has 44 heavy (non-hydrogen) atoms. The van der Waals surface area contributed by atoms with Crippen LogP contribution in [0.25, 0.3) is 56.5 Å². The van der Waals surface area contributed by atoms with Crippen molar-refractivity contribution in [2.24, 2.45) is 0 Å². The van der Waals surface area contributed by atoms with Gasteiger partial charge in [-0.1, -0.05) is 25.3 Å². The topological polar surface area (TPSA) is 138 Å². The molecule has 227 valence electrons. The normalized spacial score (nSPS) is 12.5. The maximum Gasteiger partial charge on any atom is 3.00 e. The molecule has 5 rings (SSSR count). The fourth-order valence-electron chi connectivity index (χ4n) is 5.76. The molecule has 0 fully saturated rings. The zero-order chi connectivity index (χ0) is 30.3. The summed E-state index contributed by atoms with van der Waals surface area (Å²) in [6.45, 7) is 16.0. The largest absolute Gasteiger partial charge is 3.00 e. The molecular weight excluding hydrogens is 622 g/mol. The van der Waals surface area contributed by atoms with E-state index in [9.17, 15) is 19.8 Å². The zero-order valence-electron chi connectivity index (χ0n) is 25.0. The van der Waals surface area contributed by atoms with Crippen LogP contribution in [0.2, 0.25) is 0 Å². The van der Waals surface area contributed by atoms with Crippen LogP contribution < -0.4 is 22.6 Å². The first-order valence-electron chi connectivity index (χ1n) is 13.8. The zero-order valence-corrected chi connectivity index (χ0v) is 26.8. The van der Waals surface area contributed by atoms with E-state index in [-0.39, 0.29) is 55.2 Å². The standard InChI is InChI=1S/C34H34N4O4.ClH.Fe/c1-7-21-17(3)25-13-26-19(5)23(9-11-33(39)40)31(37-26)16-32-24(10-12-34(41)42)20(6)28(38-32)15-30-22(8-2)18(4)27(36-30)14-29(21)35-25;;/h7-8,13-16,35-36H,1-2,9-12H2,3-6H3,(H,39,40)(H,41,42);1H;/q;;+3/p-3/i;;1+2. The van der Waals surface area contributed by atoms with Gasteiger partial charge in [-0.25, -0.2) is 9.97 Å². The van der Waals surface area contributed by atoms with E-state index in [1.54, 1.807) is 6.08 Å². The molecule has 3 aromatic rings. The number of hydrogen-bond donors (Lipinski definition) is 2. The van der Waals surface area contributed by atoms with Crippen LogP contribution in [0, 0.1) is 13.8 Å². The Hall–Kier alpha value is -4.17. The van der Waals surface area contributed by atoms with Gasteiger partial charge in [0, 0.05) is 45.1 Å². The predicted octanol–water partition coefficient (Wildman–Crippen LogP) is 2.14. The fraction of sp³-hybridized carbons (Fsp3) is 0.235. The van der Waals surface area contributed by atoms with E-state index in [2.05, 4.69) is 23.1 Å². The second-order valence-electron chi connectivity index (χ2n) is 10.7. The van der Waals surface area contributed by atoms with Crippen molar-refractivity contribution >= 4 is 68.4 Å². The molecule has 0 unspecified atom stereocenters. The minimum absolute atomic E-state index is 0. The number of fused-ring (bicyclic) bond motifs is 8. The molecule has 0 amide bonds. The Morgan fingerprint density at radius 1 is 0.682 bits per heavy atom. The van der Waals surface area contributed by atoms with Gasteiger partial charge in [-0.15, -0.1) is 0 Å². The summed E-state index contributed by atoms with van der Waals surface area (Å²) < 4.78 is 0. The Morgan fingerprint density at radius 3 is 1.48 bits per heavy atom. The number of nitrogens with one attached hydrogen (secondary N) is 2. The average molecular weight is 654 g/mol. The third-order valence-electron chi connectivity index (χ3n) is 8.20. The number of aryl methyl sites for hydroxylation is 2. The van der Waals surface area contributed by atoms with E-state index in [1.807, 2.05) is 58.0 Å². The first-order valence-corrected chi connectivity index (χ1v) is 13.8. The van der Waals surface area contributed by atoms with Crippen LogP contribution in [0.15, 0.2) is 37.4 Å². The minimum Gasteiger partial charge on any atom is -1.00 e. The van der Waals surface area contributed by atoms with E-state index in [1.165, 1.54) is 0 Å². The molecule has 2 aliphatic heterocycles. The van der Waals surface area contributed by atoms with Crippen LogP contribution in [0.4, 0.5) is 0 Å². The number of aromatic nitrogens is 4. The van der Waals surface area contributed by atoms with Crippen LogP contribution in [-0.4, -0.2) is 31.9 Å². The van der Waals surface area contributed by atoms with Gasteiger partial charge in [0.1, 0.15) is 0 Å². The van der Waals surface area contributed by atoms with Gasteiger partial charge in [-0.3, -0.25) is 0 Å². The number of rotatable bonds is 8. The second kappa shape index (κ2) is 13.6. The third-order valence-corrected chi connectivity index (χ3v) is 8.20. The summed E-state index contributed by atoms with van der Waals surface area (Å²) >= 11 is 0. The fourth-order valence-corrected chi connectivity index (χ4v) is 5.76. The number of aliphatic carboxylic acids is 2. The van der Waals surface area contributed by atoms with Gasteiger partial charge >= 0.3 is 17.1 Å². The van der Waals surface area contributed by atoms with Gasteiger partial charge < -0.3 is 42.2 Å². The number of nitrogens with zero attached hydrogens (tertiary/aromatic N) is 2. The van der Waals surface area contributed by atoms with Crippen LogP contribution in [-0.2, 0) is 26.7 Å². The smallest absolute Gasteiger partial charge is 1.00 e. The Bertz CT molecular complexity index is 1930. The number of carboxylic acids is 2. The molecule has 0 saturated heterocycles. The van der Waals surface area contributed by atoms with E-state index < -0.39 is 11.9 Å². The third kappa shape index (κ3) is 6.36. The van der Waals surface area contributed by atoms with E-state index in [4.69, 9.17) is 9.97 Å². The van der Waals surface area contributed by atoms with Crippen molar-refractivity contribution in [1.82, 2.24) is 19.9 Å². The Kier molecular flexibility index (Phi) is 10.6. The molecule has 1 radical (unpaired) electrons. The number of H-pyrrole nitrogens is 2. The number of hydrogen-bond acceptors (Lipinski definition) is 6. The van der Waals surface area contributed by atoms with Gasteiger partial charge in [0.15, 0.2) is 0 Å². The summed E-state index contributed by atoms with van der Waals surface area (Å²) in [7, 11) is 0. The molecule has 2 aliphatic rings. The first kappa shape index (κ1) is 34.3. The quantitative estimate of drug-likeness (QED) is 0.358. The molecule has 0 aromatic carbocycles. The molecule has 0 aliphatic carbocycles. The Labute approximate surface area is 272 Å². The summed E-state index contributed by atoms with van der Waals surface area (Å²) in [5.41, 5.74) is 13.3. The molecule has 10 heteroatoms. The molecule has 0 saturated carbocycles. The van der Waals surface area contributed by atoms with Crippen molar-refractivity contribution in [3.63, 3.8) is 0 Å². The summed E-state index contributed by atoms with van der Waals surface area (Å²) in [6, 6.07) is 7.78. The Balaban J connectivity index is 0.00000264. The molecule has 5 heterocycles. The number of aromatic amines is 2. The van der Waals surface area contributed by atoms with Crippen molar-refractivity contribution < 1.29 is 49.3 Å². The van der Waals surface area contributed by atoms with E-state index >= 15 is 0 Å². The number of carbonyl (C=O) groups is 2. The van der Waals surface area contributed by atoms with Crippen LogP contribution in [0.5, 0.6) is 0 Å². The second-order valence-corrected chi connectivity index (χ2v) is 10.7. The summed E-state index contributed by atoms with van der Waals surface area (Å²) in [6.07, 6.45) is 3.79. The summed E-state index contributed by atoms with van der Waals surface area (Å²) in [4.78, 5) is 39.7. The van der Waals surface area contributed by atoms with Crippen molar-refractivity contribution in [3.8, 4) is 0 Å².